The average Bonchev–Trinajstić information content (AvgIpc) is 3.00. The maximum Gasteiger partial charge on any atom is 0.270 e. The summed E-state index contributed by atoms with van der Waals surface area (Å²) in [5.41, 5.74) is 3.99. The molecular weight excluding hydrogens is 528 g/mol. The third kappa shape index (κ3) is 5.01. The van der Waals surface area contributed by atoms with E-state index in [1.165, 1.54) is 9.80 Å². The van der Waals surface area contributed by atoms with Gasteiger partial charge in [-0.05, 0) is 71.9 Å². The lowest BCUT2D eigenvalue weighted by Crippen LogP contribution is -2.56. The van der Waals surface area contributed by atoms with Gasteiger partial charge in [-0.15, -0.1) is 0 Å². The van der Waals surface area contributed by atoms with E-state index in [1.807, 2.05) is 72.8 Å². The zero-order chi connectivity index (χ0) is 28.3. The maximum absolute atomic E-state index is 13.9. The lowest BCUT2D eigenvalue weighted by Gasteiger charge is -2.36. The Morgan fingerprint density at radius 2 is 1.24 bits per heavy atom. The van der Waals surface area contributed by atoms with Crippen LogP contribution in [-0.4, -0.2) is 16.9 Å². The number of carbonyl (C=O) groups excluding carboxylic acids is 2. The maximum atomic E-state index is 13.9. The number of rotatable bonds is 6. The first-order chi connectivity index (χ1) is 20.0. The van der Waals surface area contributed by atoms with Crippen LogP contribution in [-0.2, 0) is 16.2 Å². The summed E-state index contributed by atoms with van der Waals surface area (Å²) < 4.78 is 6.35. The minimum absolute atomic E-state index is 0.0105. The molecule has 5 aromatic rings. The monoisotopic (exact) mass is 554 g/mol. The molecule has 41 heavy (non-hydrogen) atoms. The van der Waals surface area contributed by atoms with Crippen molar-refractivity contribution in [2.45, 2.75) is 13.5 Å². The van der Waals surface area contributed by atoms with Crippen molar-refractivity contribution in [1.82, 2.24) is 0 Å². The van der Waals surface area contributed by atoms with E-state index in [0.29, 0.717) is 29.3 Å². The second-order valence-electron chi connectivity index (χ2n) is 9.70. The Hall–Kier alpha value is -5.07. The third-order valence-corrected chi connectivity index (χ3v) is 7.51. The van der Waals surface area contributed by atoms with Gasteiger partial charge in [-0.3, -0.25) is 19.4 Å². The van der Waals surface area contributed by atoms with Crippen LogP contribution in [0.2, 0.25) is 0 Å². The fraction of sp³-hybridized carbons (Fsp3) is 0.0571. The van der Waals surface area contributed by atoms with Crippen LogP contribution in [0.1, 0.15) is 16.7 Å². The van der Waals surface area contributed by atoms with Gasteiger partial charge >= 0.3 is 0 Å². The molecule has 6 heteroatoms. The minimum Gasteiger partial charge on any atom is -0.488 e. The predicted molar refractivity (Wildman–Crippen MR) is 168 cm³/mol. The number of fused-ring (bicyclic) bond motifs is 1. The van der Waals surface area contributed by atoms with E-state index >= 15 is 0 Å². The summed E-state index contributed by atoms with van der Waals surface area (Å²) in [6.45, 7) is 2.41. The van der Waals surface area contributed by atoms with E-state index < -0.39 is 11.8 Å². The number of amides is 2. The lowest BCUT2D eigenvalue weighted by atomic mass is 10.0. The van der Waals surface area contributed by atoms with Crippen LogP contribution < -0.4 is 14.5 Å². The molecule has 1 saturated heterocycles. The van der Waals surface area contributed by atoms with Crippen LogP contribution >= 0.6 is 12.2 Å². The Bertz CT molecular complexity index is 1750. The van der Waals surface area contributed by atoms with Crippen molar-refractivity contribution in [2.24, 2.45) is 0 Å². The van der Waals surface area contributed by atoms with E-state index in [4.69, 9.17) is 17.0 Å². The molecule has 1 fully saturated rings. The number of hydrogen-bond donors (Lipinski definition) is 0. The molecule has 0 atom stereocenters. The summed E-state index contributed by atoms with van der Waals surface area (Å²) in [4.78, 5) is 30.6. The van der Waals surface area contributed by atoms with Crippen molar-refractivity contribution in [3.63, 3.8) is 0 Å². The van der Waals surface area contributed by atoms with Crippen LogP contribution in [0.4, 0.5) is 11.4 Å². The number of anilines is 2. The van der Waals surface area contributed by atoms with Gasteiger partial charge in [0.05, 0.1) is 11.4 Å². The van der Waals surface area contributed by atoms with Gasteiger partial charge in [0.15, 0.2) is 5.11 Å². The summed E-state index contributed by atoms with van der Waals surface area (Å²) in [7, 11) is 0. The van der Waals surface area contributed by atoms with Gasteiger partial charge in [-0.1, -0.05) is 91.0 Å². The van der Waals surface area contributed by atoms with Crippen LogP contribution in [0.25, 0.3) is 16.8 Å². The Morgan fingerprint density at radius 3 is 1.90 bits per heavy atom. The summed E-state index contributed by atoms with van der Waals surface area (Å²) >= 11 is 5.71. The third-order valence-electron chi connectivity index (χ3n) is 7.14. The normalized spacial score (nSPS) is 13.6. The number of ether oxygens (including phenoxy) is 1. The molecular formula is C35H26N2O3S. The summed E-state index contributed by atoms with van der Waals surface area (Å²) in [5, 5.41) is 2.38. The summed E-state index contributed by atoms with van der Waals surface area (Å²) in [6, 6.07) is 38.1. The standard InChI is InChI=1S/C35H26N2O3S/c1-24-20-21-25-12-8-10-18-29(25)31(24)23-40-32-19-11-9-13-26(32)22-30-33(38)36(27-14-4-2-5-15-27)35(41)37(34(30)39)28-16-6-3-7-17-28/h2-22H,23H2,1H3. The molecule has 0 saturated carbocycles. The number of benzene rings is 5. The van der Waals surface area contributed by atoms with Crippen molar-refractivity contribution in [2.75, 3.05) is 9.80 Å². The molecule has 5 nitrogen and oxygen atoms in total. The molecule has 1 aliphatic rings. The van der Waals surface area contributed by atoms with Gasteiger partial charge in [0.1, 0.15) is 17.9 Å². The number of aryl methyl sites for hydroxylation is 1. The molecule has 0 spiro atoms. The molecule has 1 aliphatic heterocycles. The molecule has 1 heterocycles. The zero-order valence-corrected chi connectivity index (χ0v) is 23.2. The second kappa shape index (κ2) is 11.2. The van der Waals surface area contributed by atoms with E-state index in [2.05, 4.69) is 31.2 Å². The quantitative estimate of drug-likeness (QED) is 0.124. The first-order valence-electron chi connectivity index (χ1n) is 13.3. The van der Waals surface area contributed by atoms with Crippen molar-refractivity contribution in [3.8, 4) is 5.75 Å². The van der Waals surface area contributed by atoms with Crippen LogP contribution in [0.15, 0.2) is 127 Å². The smallest absolute Gasteiger partial charge is 0.270 e. The first-order valence-corrected chi connectivity index (χ1v) is 13.7. The molecule has 2 amide bonds. The minimum atomic E-state index is -0.488. The van der Waals surface area contributed by atoms with E-state index in [1.54, 1.807) is 30.3 Å². The van der Waals surface area contributed by atoms with E-state index in [0.717, 1.165) is 21.9 Å². The van der Waals surface area contributed by atoms with Crippen LogP contribution in [0, 0.1) is 6.92 Å². The predicted octanol–water partition coefficient (Wildman–Crippen LogP) is 7.48. The largest absolute Gasteiger partial charge is 0.488 e. The van der Waals surface area contributed by atoms with Gasteiger partial charge in [-0.2, -0.15) is 0 Å². The number of hydrogen-bond acceptors (Lipinski definition) is 4. The van der Waals surface area contributed by atoms with Gasteiger partial charge < -0.3 is 4.74 Å². The van der Waals surface area contributed by atoms with E-state index in [-0.39, 0.29) is 10.7 Å². The molecule has 5 aromatic carbocycles. The van der Waals surface area contributed by atoms with E-state index in [9.17, 15) is 9.59 Å². The van der Waals surface area contributed by atoms with Crippen molar-refractivity contribution in [3.05, 3.63) is 144 Å². The number of para-hydroxylation sites is 3. The molecule has 0 N–H and O–H groups in total. The number of thiocarbonyl (C=S) groups is 1. The Morgan fingerprint density at radius 1 is 0.683 bits per heavy atom. The Labute approximate surface area is 243 Å². The zero-order valence-electron chi connectivity index (χ0n) is 22.4. The Kier molecular flexibility index (Phi) is 7.15. The molecule has 6 rings (SSSR count). The SMILES string of the molecule is Cc1ccc2ccccc2c1COc1ccccc1C=C1C(=O)N(c2ccccc2)C(=S)N(c2ccccc2)C1=O. The molecule has 0 aromatic heterocycles. The lowest BCUT2D eigenvalue weighted by molar-refractivity contribution is -0.120. The highest BCUT2D eigenvalue weighted by Gasteiger charge is 2.41. The molecule has 200 valence electrons. The molecule has 0 aliphatic carbocycles. The van der Waals surface area contributed by atoms with Gasteiger partial charge in [0, 0.05) is 11.1 Å². The van der Waals surface area contributed by atoms with Gasteiger partial charge in [0.25, 0.3) is 11.8 Å². The number of carbonyl (C=O) groups is 2. The topological polar surface area (TPSA) is 49.9 Å². The van der Waals surface area contributed by atoms with Crippen molar-refractivity contribution in [1.29, 1.82) is 0 Å². The fourth-order valence-corrected chi connectivity index (χ4v) is 5.39. The highest BCUT2D eigenvalue weighted by atomic mass is 32.1. The summed E-state index contributed by atoms with van der Waals surface area (Å²) in [5.74, 6) is -0.408. The molecule has 0 unspecified atom stereocenters. The molecule has 0 bridgehead atoms. The second-order valence-corrected chi connectivity index (χ2v) is 10.1. The average molecular weight is 555 g/mol. The summed E-state index contributed by atoms with van der Waals surface area (Å²) in [6.07, 6.45) is 1.60. The van der Waals surface area contributed by atoms with Crippen molar-refractivity contribution < 1.29 is 14.3 Å². The van der Waals surface area contributed by atoms with Crippen LogP contribution in [0.3, 0.4) is 0 Å². The van der Waals surface area contributed by atoms with Crippen LogP contribution in [0.5, 0.6) is 5.75 Å². The van der Waals surface area contributed by atoms with Gasteiger partial charge in [-0.25, -0.2) is 0 Å². The highest BCUT2D eigenvalue weighted by molar-refractivity contribution is 7.81. The Balaban J connectivity index is 1.40. The number of nitrogens with zero attached hydrogens (tertiary/aromatic N) is 2. The molecule has 0 radical (unpaired) electrons. The van der Waals surface area contributed by atoms with Crippen molar-refractivity contribution >= 4 is 57.4 Å². The highest BCUT2D eigenvalue weighted by Crippen LogP contribution is 2.32. The fourth-order valence-electron chi connectivity index (χ4n) is 5.01. The van der Waals surface area contributed by atoms with Gasteiger partial charge in [0.2, 0.25) is 0 Å². The first kappa shape index (κ1) is 26.2.